The summed E-state index contributed by atoms with van der Waals surface area (Å²) in [7, 11) is 0. The minimum absolute atomic E-state index is 0.0960. The van der Waals surface area contributed by atoms with Crippen LogP contribution >= 0.6 is 11.8 Å². The van der Waals surface area contributed by atoms with Gasteiger partial charge in [0.05, 0.1) is 6.04 Å². The van der Waals surface area contributed by atoms with E-state index in [0.29, 0.717) is 0 Å². The van der Waals surface area contributed by atoms with Crippen molar-refractivity contribution in [2.75, 3.05) is 11.1 Å². The van der Waals surface area contributed by atoms with Crippen LogP contribution in [0.1, 0.15) is 30.5 Å². The van der Waals surface area contributed by atoms with E-state index in [1.165, 1.54) is 5.56 Å². The first-order valence-electron chi connectivity index (χ1n) is 7.04. The Morgan fingerprint density at radius 1 is 1.25 bits per heavy atom. The number of nitrogens with one attached hydrogen (secondary N) is 1. The molecule has 1 atom stereocenters. The highest BCUT2D eigenvalue weighted by molar-refractivity contribution is 7.99. The molecule has 2 aromatic rings. The molecule has 1 aliphatic rings. The maximum Gasteiger partial charge on any atom is 0.137 e. The van der Waals surface area contributed by atoms with Gasteiger partial charge >= 0.3 is 0 Å². The van der Waals surface area contributed by atoms with Crippen LogP contribution in [0.3, 0.4) is 0 Å². The molecule has 1 heterocycles. The van der Waals surface area contributed by atoms with Gasteiger partial charge in [0.2, 0.25) is 0 Å². The van der Waals surface area contributed by atoms with E-state index < -0.39 is 0 Å². The number of thioether (sulfide) groups is 1. The lowest BCUT2D eigenvalue weighted by Gasteiger charge is -2.27. The second-order valence-corrected chi connectivity index (χ2v) is 6.15. The van der Waals surface area contributed by atoms with Crippen LogP contribution in [0.25, 0.3) is 0 Å². The highest BCUT2D eigenvalue weighted by Crippen LogP contribution is 2.39. The smallest absolute Gasteiger partial charge is 0.137 e. The maximum absolute atomic E-state index is 13.9. The van der Waals surface area contributed by atoms with Gasteiger partial charge in [-0.2, -0.15) is 0 Å². The summed E-state index contributed by atoms with van der Waals surface area (Å²) >= 11 is 1.62. The van der Waals surface area contributed by atoms with E-state index in [2.05, 4.69) is 36.5 Å². The van der Waals surface area contributed by atoms with Gasteiger partial charge in [-0.1, -0.05) is 31.2 Å². The van der Waals surface area contributed by atoms with Gasteiger partial charge in [-0.3, -0.25) is 0 Å². The van der Waals surface area contributed by atoms with Crippen LogP contribution in [0.15, 0.2) is 47.4 Å². The summed E-state index contributed by atoms with van der Waals surface area (Å²) in [6.45, 7) is 2.15. The molecule has 0 spiro atoms. The van der Waals surface area contributed by atoms with Crippen LogP contribution in [0, 0.1) is 5.82 Å². The fourth-order valence-corrected chi connectivity index (χ4v) is 3.76. The lowest BCUT2D eigenvalue weighted by molar-refractivity contribution is 0.585. The van der Waals surface area contributed by atoms with E-state index in [9.17, 15) is 4.39 Å². The summed E-state index contributed by atoms with van der Waals surface area (Å²) < 4.78 is 13.9. The van der Waals surface area contributed by atoms with Crippen molar-refractivity contribution < 1.29 is 4.39 Å². The van der Waals surface area contributed by atoms with Crippen LogP contribution < -0.4 is 5.32 Å². The molecule has 1 nitrogen and oxygen atoms in total. The molecule has 3 rings (SSSR count). The highest BCUT2D eigenvalue weighted by atomic mass is 32.2. The molecule has 1 N–H and O–H groups in total. The first kappa shape index (κ1) is 13.5. The lowest BCUT2D eigenvalue weighted by Crippen LogP contribution is -2.16. The second-order valence-electron chi connectivity index (χ2n) is 5.05. The predicted molar refractivity (Wildman–Crippen MR) is 83.9 cm³/mol. The molecule has 0 saturated carbocycles. The summed E-state index contributed by atoms with van der Waals surface area (Å²) in [5, 5.41) is 3.56. The first-order chi connectivity index (χ1) is 9.78. The fourth-order valence-electron chi connectivity index (χ4n) is 2.62. The van der Waals surface area contributed by atoms with E-state index in [1.807, 2.05) is 6.07 Å². The second kappa shape index (κ2) is 5.88. The third-order valence-electron chi connectivity index (χ3n) is 3.70. The van der Waals surface area contributed by atoms with E-state index in [0.717, 1.165) is 34.7 Å². The highest BCUT2D eigenvalue weighted by Gasteiger charge is 2.22. The van der Waals surface area contributed by atoms with Gasteiger partial charge in [0.25, 0.3) is 0 Å². The van der Waals surface area contributed by atoms with Gasteiger partial charge in [-0.25, -0.2) is 4.39 Å². The van der Waals surface area contributed by atoms with Crippen molar-refractivity contribution in [2.24, 2.45) is 0 Å². The van der Waals surface area contributed by atoms with Gasteiger partial charge in [-0.15, -0.1) is 11.8 Å². The Morgan fingerprint density at radius 3 is 2.95 bits per heavy atom. The molecule has 0 aliphatic carbocycles. The maximum atomic E-state index is 13.9. The van der Waals surface area contributed by atoms with Crippen LogP contribution in [0.5, 0.6) is 0 Å². The van der Waals surface area contributed by atoms with Gasteiger partial charge in [0.15, 0.2) is 0 Å². The Morgan fingerprint density at radius 2 is 2.10 bits per heavy atom. The molecule has 0 aromatic heterocycles. The van der Waals surface area contributed by atoms with Crippen LogP contribution in [-0.2, 0) is 6.42 Å². The van der Waals surface area contributed by atoms with Crippen molar-refractivity contribution in [3.8, 4) is 0 Å². The number of fused-ring (bicyclic) bond motifs is 1. The van der Waals surface area contributed by atoms with E-state index in [4.69, 9.17) is 0 Å². The average Bonchev–Trinajstić information content (AvgIpc) is 2.49. The minimum atomic E-state index is -0.0960. The number of anilines is 1. The average molecular weight is 287 g/mol. The molecule has 20 heavy (non-hydrogen) atoms. The van der Waals surface area contributed by atoms with Crippen molar-refractivity contribution in [1.29, 1.82) is 0 Å². The van der Waals surface area contributed by atoms with E-state index >= 15 is 0 Å². The minimum Gasteiger partial charge on any atom is -0.378 e. The Balaban J connectivity index is 1.87. The Kier molecular flexibility index (Phi) is 3.97. The molecule has 1 aliphatic heterocycles. The first-order valence-corrected chi connectivity index (χ1v) is 8.03. The monoisotopic (exact) mass is 287 g/mol. The van der Waals surface area contributed by atoms with E-state index in [-0.39, 0.29) is 11.9 Å². The topological polar surface area (TPSA) is 12.0 Å². The van der Waals surface area contributed by atoms with Crippen molar-refractivity contribution in [1.82, 2.24) is 0 Å². The third-order valence-corrected chi connectivity index (χ3v) is 4.86. The molecule has 0 amide bonds. The number of rotatable bonds is 3. The SMILES string of the molecule is CCc1cccc(NC2CCSc3c(F)cccc32)c1. The molecule has 0 fully saturated rings. The Hall–Kier alpha value is -1.48. The van der Waals surface area contributed by atoms with Crippen molar-refractivity contribution in [2.45, 2.75) is 30.7 Å². The van der Waals surface area contributed by atoms with Crippen LogP contribution in [-0.4, -0.2) is 5.75 Å². The zero-order valence-electron chi connectivity index (χ0n) is 11.5. The molecule has 1 unspecified atom stereocenters. The largest absolute Gasteiger partial charge is 0.378 e. The number of hydrogen-bond acceptors (Lipinski definition) is 2. The third kappa shape index (κ3) is 2.68. The molecule has 2 aromatic carbocycles. The zero-order chi connectivity index (χ0) is 13.9. The Labute approximate surface area is 123 Å². The summed E-state index contributed by atoms with van der Waals surface area (Å²) in [5.74, 6) is 0.861. The molecule has 0 radical (unpaired) electrons. The van der Waals surface area contributed by atoms with Gasteiger partial charge < -0.3 is 5.32 Å². The molecular formula is C17H18FNS. The molecule has 0 bridgehead atoms. The van der Waals surface area contributed by atoms with Gasteiger partial charge in [0, 0.05) is 16.3 Å². The van der Waals surface area contributed by atoms with Crippen molar-refractivity contribution >= 4 is 17.4 Å². The van der Waals surface area contributed by atoms with Crippen LogP contribution in [0.4, 0.5) is 10.1 Å². The lowest BCUT2D eigenvalue weighted by atomic mass is 10.0. The quantitative estimate of drug-likeness (QED) is 0.849. The standard InChI is InChI=1S/C17H18FNS/c1-2-12-5-3-6-13(11-12)19-16-9-10-20-17-14(16)7-4-8-15(17)18/h3-8,11,16,19H,2,9-10H2,1H3. The molecule has 3 heteroatoms. The Bertz CT molecular complexity index is 612. The van der Waals surface area contributed by atoms with Crippen molar-refractivity contribution in [3.63, 3.8) is 0 Å². The van der Waals surface area contributed by atoms with Gasteiger partial charge in [-0.05, 0) is 42.2 Å². The number of benzene rings is 2. The van der Waals surface area contributed by atoms with E-state index in [1.54, 1.807) is 23.9 Å². The summed E-state index contributed by atoms with van der Waals surface area (Å²) in [4.78, 5) is 0.808. The number of aryl methyl sites for hydroxylation is 1. The van der Waals surface area contributed by atoms with Gasteiger partial charge in [0.1, 0.15) is 5.82 Å². The summed E-state index contributed by atoms with van der Waals surface area (Å²) in [6.07, 6.45) is 2.05. The fraction of sp³-hybridized carbons (Fsp3) is 0.294. The number of hydrogen-bond donors (Lipinski definition) is 1. The normalized spacial score (nSPS) is 17.6. The van der Waals surface area contributed by atoms with Crippen LogP contribution in [0.2, 0.25) is 0 Å². The molecular weight excluding hydrogens is 269 g/mol. The molecule has 0 saturated heterocycles. The number of halogens is 1. The van der Waals surface area contributed by atoms with Crippen molar-refractivity contribution in [3.05, 3.63) is 59.4 Å². The summed E-state index contributed by atoms with van der Waals surface area (Å²) in [6, 6.07) is 14.1. The summed E-state index contributed by atoms with van der Waals surface area (Å²) in [5.41, 5.74) is 3.53. The zero-order valence-corrected chi connectivity index (χ0v) is 12.3. The predicted octanol–water partition coefficient (Wildman–Crippen LogP) is 5.04. The molecule has 104 valence electrons.